The third-order valence-corrected chi connectivity index (χ3v) is 4.18. The number of hydrogen-bond donors (Lipinski definition) is 2. The molecule has 3 aromatic rings. The third-order valence-electron chi connectivity index (χ3n) is 4.18. The van der Waals surface area contributed by atoms with Gasteiger partial charge in [0.2, 0.25) is 0 Å². The lowest BCUT2D eigenvalue weighted by Crippen LogP contribution is -2.05. The van der Waals surface area contributed by atoms with Crippen LogP contribution in [0.3, 0.4) is 0 Å². The maximum atomic E-state index is 12.7. The van der Waals surface area contributed by atoms with Gasteiger partial charge in [-0.3, -0.25) is 4.79 Å². The molecule has 0 atom stereocenters. The largest absolute Gasteiger partial charge is 0.507 e. The van der Waals surface area contributed by atoms with E-state index in [1.54, 1.807) is 24.3 Å². The van der Waals surface area contributed by atoms with E-state index in [0.29, 0.717) is 16.8 Å². The molecule has 0 spiro atoms. The predicted molar refractivity (Wildman–Crippen MR) is 93.7 cm³/mol. The smallest absolute Gasteiger partial charge is 0.339 e. The molecular weight excluding hydrogens is 318 g/mol. The molecular formula is C20H17NO4. The number of rotatable bonds is 4. The van der Waals surface area contributed by atoms with Crippen molar-refractivity contribution < 1.29 is 19.8 Å². The SMILES string of the molecule is Cc1cc(C(=O)c2ccccc2)c(C)n1-c1ccc(C(=O)O)c(O)c1. The zero-order chi connectivity index (χ0) is 18.1. The maximum absolute atomic E-state index is 12.7. The number of aromatic nitrogens is 1. The third kappa shape index (κ3) is 2.92. The predicted octanol–water partition coefficient (Wildman–Crippen LogP) is 3.73. The van der Waals surface area contributed by atoms with E-state index in [1.807, 2.05) is 36.6 Å². The molecule has 5 nitrogen and oxygen atoms in total. The molecule has 126 valence electrons. The molecule has 0 amide bonds. The molecule has 0 aliphatic heterocycles. The first-order valence-corrected chi connectivity index (χ1v) is 7.75. The molecule has 2 aromatic carbocycles. The van der Waals surface area contributed by atoms with Gasteiger partial charge in [0.25, 0.3) is 0 Å². The number of carboxylic acids is 1. The van der Waals surface area contributed by atoms with Gasteiger partial charge in [-0.15, -0.1) is 0 Å². The average Bonchev–Trinajstić information content (AvgIpc) is 2.89. The highest BCUT2D eigenvalue weighted by atomic mass is 16.4. The Morgan fingerprint density at radius 3 is 2.20 bits per heavy atom. The van der Waals surface area contributed by atoms with Crippen molar-refractivity contribution in [3.05, 3.63) is 82.7 Å². The lowest BCUT2D eigenvalue weighted by Gasteiger charge is -2.11. The van der Waals surface area contributed by atoms with Crippen LogP contribution < -0.4 is 0 Å². The number of phenols is 1. The second-order valence-corrected chi connectivity index (χ2v) is 5.82. The molecule has 2 N–H and O–H groups in total. The molecule has 0 aliphatic rings. The van der Waals surface area contributed by atoms with E-state index in [4.69, 9.17) is 5.11 Å². The van der Waals surface area contributed by atoms with Crippen LogP contribution in [0.2, 0.25) is 0 Å². The Hall–Kier alpha value is -3.34. The van der Waals surface area contributed by atoms with Crippen LogP contribution in [0.5, 0.6) is 5.75 Å². The number of nitrogens with zero attached hydrogens (tertiary/aromatic N) is 1. The topological polar surface area (TPSA) is 79.5 Å². The first kappa shape index (κ1) is 16.5. The summed E-state index contributed by atoms with van der Waals surface area (Å²) in [6.07, 6.45) is 0. The molecule has 0 radical (unpaired) electrons. The minimum atomic E-state index is -1.19. The van der Waals surface area contributed by atoms with Gasteiger partial charge in [-0.2, -0.15) is 0 Å². The van der Waals surface area contributed by atoms with Crippen molar-refractivity contribution in [2.24, 2.45) is 0 Å². The summed E-state index contributed by atoms with van der Waals surface area (Å²) in [5.41, 5.74) is 3.17. The Morgan fingerprint density at radius 1 is 0.920 bits per heavy atom. The van der Waals surface area contributed by atoms with Crippen LogP contribution in [0, 0.1) is 13.8 Å². The molecule has 3 rings (SSSR count). The van der Waals surface area contributed by atoms with Crippen molar-refractivity contribution in [1.29, 1.82) is 0 Å². The summed E-state index contributed by atoms with van der Waals surface area (Å²) in [7, 11) is 0. The van der Waals surface area contributed by atoms with Crippen molar-refractivity contribution in [3.63, 3.8) is 0 Å². The Kier molecular flexibility index (Phi) is 4.15. The molecule has 0 fully saturated rings. The fourth-order valence-corrected chi connectivity index (χ4v) is 2.97. The summed E-state index contributed by atoms with van der Waals surface area (Å²) in [4.78, 5) is 23.8. The van der Waals surface area contributed by atoms with E-state index in [0.717, 1.165) is 11.4 Å². The van der Waals surface area contributed by atoms with Crippen LogP contribution in [0.4, 0.5) is 0 Å². The van der Waals surface area contributed by atoms with Gasteiger partial charge in [-0.1, -0.05) is 30.3 Å². The van der Waals surface area contributed by atoms with E-state index in [9.17, 15) is 14.7 Å². The van der Waals surface area contributed by atoms with Crippen molar-refractivity contribution in [1.82, 2.24) is 4.57 Å². The number of aromatic hydroxyl groups is 1. The number of ketones is 1. The lowest BCUT2D eigenvalue weighted by atomic mass is 10.0. The fraction of sp³-hybridized carbons (Fsp3) is 0.100. The van der Waals surface area contributed by atoms with Gasteiger partial charge in [0, 0.05) is 34.3 Å². The Balaban J connectivity index is 2.08. The normalized spacial score (nSPS) is 10.6. The molecule has 0 unspecified atom stereocenters. The number of aryl methyl sites for hydroxylation is 1. The number of carbonyl (C=O) groups is 2. The summed E-state index contributed by atoms with van der Waals surface area (Å²) in [6.45, 7) is 3.68. The van der Waals surface area contributed by atoms with Crippen molar-refractivity contribution in [2.45, 2.75) is 13.8 Å². The first-order valence-electron chi connectivity index (χ1n) is 7.75. The molecule has 25 heavy (non-hydrogen) atoms. The highest BCUT2D eigenvalue weighted by molar-refractivity contribution is 6.10. The number of carbonyl (C=O) groups excluding carboxylic acids is 1. The molecule has 1 heterocycles. The minimum absolute atomic E-state index is 0.0775. The molecule has 0 bridgehead atoms. The van der Waals surface area contributed by atoms with Crippen LogP contribution in [0.25, 0.3) is 5.69 Å². The molecule has 0 saturated heterocycles. The summed E-state index contributed by atoms with van der Waals surface area (Å²) in [5.74, 6) is -1.58. The molecule has 5 heteroatoms. The van der Waals surface area contributed by atoms with Crippen molar-refractivity contribution in [3.8, 4) is 11.4 Å². The Bertz CT molecular complexity index is 971. The van der Waals surface area contributed by atoms with E-state index in [1.165, 1.54) is 12.1 Å². The molecule has 0 aliphatic carbocycles. The summed E-state index contributed by atoms with van der Waals surface area (Å²) in [5, 5.41) is 19.0. The number of carboxylic acid groups (broad SMARTS) is 1. The fourth-order valence-electron chi connectivity index (χ4n) is 2.97. The van der Waals surface area contributed by atoms with Gasteiger partial charge >= 0.3 is 5.97 Å². The Labute approximate surface area is 144 Å². The van der Waals surface area contributed by atoms with Gasteiger partial charge in [-0.05, 0) is 32.0 Å². The first-order chi connectivity index (χ1) is 11.9. The van der Waals surface area contributed by atoms with Crippen LogP contribution in [-0.2, 0) is 0 Å². The lowest BCUT2D eigenvalue weighted by molar-refractivity contribution is 0.0693. The quantitative estimate of drug-likeness (QED) is 0.712. The maximum Gasteiger partial charge on any atom is 0.339 e. The van der Waals surface area contributed by atoms with E-state index in [-0.39, 0.29) is 17.1 Å². The van der Waals surface area contributed by atoms with Gasteiger partial charge in [-0.25, -0.2) is 4.79 Å². The van der Waals surface area contributed by atoms with E-state index >= 15 is 0 Å². The number of hydrogen-bond acceptors (Lipinski definition) is 3. The van der Waals surface area contributed by atoms with Crippen LogP contribution in [-0.4, -0.2) is 26.5 Å². The summed E-state index contributed by atoms with van der Waals surface area (Å²) in [6, 6.07) is 15.2. The van der Waals surface area contributed by atoms with Crippen molar-refractivity contribution >= 4 is 11.8 Å². The average molecular weight is 335 g/mol. The number of aromatic carboxylic acids is 1. The monoisotopic (exact) mass is 335 g/mol. The summed E-state index contributed by atoms with van der Waals surface area (Å²) >= 11 is 0. The number of benzene rings is 2. The second-order valence-electron chi connectivity index (χ2n) is 5.82. The second kappa shape index (κ2) is 6.28. The highest BCUT2D eigenvalue weighted by Crippen LogP contribution is 2.27. The molecule has 1 aromatic heterocycles. The van der Waals surface area contributed by atoms with Gasteiger partial charge < -0.3 is 14.8 Å². The van der Waals surface area contributed by atoms with Gasteiger partial charge in [0.1, 0.15) is 11.3 Å². The van der Waals surface area contributed by atoms with Crippen LogP contribution in [0.15, 0.2) is 54.6 Å². The van der Waals surface area contributed by atoms with E-state index < -0.39 is 5.97 Å². The van der Waals surface area contributed by atoms with E-state index in [2.05, 4.69) is 0 Å². The van der Waals surface area contributed by atoms with Crippen LogP contribution >= 0.6 is 0 Å². The highest BCUT2D eigenvalue weighted by Gasteiger charge is 2.19. The standard InChI is InChI=1S/C20H17NO4/c1-12-10-17(19(23)14-6-4-3-5-7-14)13(2)21(12)15-8-9-16(20(24)25)18(22)11-15/h3-11,22H,1-2H3,(H,24,25). The zero-order valence-corrected chi connectivity index (χ0v) is 13.9. The zero-order valence-electron chi connectivity index (χ0n) is 13.9. The summed E-state index contributed by atoms with van der Waals surface area (Å²) < 4.78 is 1.82. The van der Waals surface area contributed by atoms with Crippen LogP contribution in [0.1, 0.15) is 37.7 Å². The minimum Gasteiger partial charge on any atom is -0.507 e. The van der Waals surface area contributed by atoms with Gasteiger partial charge in [0.15, 0.2) is 5.78 Å². The van der Waals surface area contributed by atoms with Crippen molar-refractivity contribution in [2.75, 3.05) is 0 Å². The Morgan fingerprint density at radius 2 is 1.60 bits per heavy atom. The van der Waals surface area contributed by atoms with Gasteiger partial charge in [0.05, 0.1) is 0 Å². The molecule has 0 saturated carbocycles.